The number of esters is 2. The molecule has 0 saturated heterocycles. The lowest BCUT2D eigenvalue weighted by Gasteiger charge is -2.31. The molecular formula is C31H36N2O8. The summed E-state index contributed by atoms with van der Waals surface area (Å²) in [6.07, 6.45) is 14.9. The smallest absolute Gasteiger partial charge is 0.330 e. The highest BCUT2D eigenvalue weighted by molar-refractivity contribution is 5.82. The second-order valence-electron chi connectivity index (χ2n) is 10.9. The van der Waals surface area contributed by atoms with Gasteiger partial charge in [-0.15, -0.1) is 0 Å². The van der Waals surface area contributed by atoms with E-state index >= 15 is 0 Å². The molecule has 0 bridgehead atoms. The van der Waals surface area contributed by atoms with Crippen LogP contribution in [0.15, 0.2) is 83.6 Å². The molecule has 0 aliphatic heterocycles. The topological polar surface area (TPSA) is 139 Å². The van der Waals surface area contributed by atoms with Crippen LogP contribution in [-0.4, -0.2) is 35.0 Å². The van der Waals surface area contributed by atoms with Crippen molar-refractivity contribution in [1.29, 1.82) is 0 Å². The minimum absolute atomic E-state index is 0.0125. The van der Waals surface area contributed by atoms with Crippen molar-refractivity contribution < 1.29 is 28.9 Å². The number of nitro groups is 2. The summed E-state index contributed by atoms with van der Waals surface area (Å²) in [6, 6.07) is 6.12. The van der Waals surface area contributed by atoms with E-state index in [0.29, 0.717) is 32.1 Å². The molecule has 0 saturated carbocycles. The van der Waals surface area contributed by atoms with E-state index in [1.165, 1.54) is 24.3 Å². The number of allylic oxidation sites excluding steroid dienone is 8. The third-order valence-corrected chi connectivity index (χ3v) is 7.32. The van der Waals surface area contributed by atoms with Crippen LogP contribution in [-0.2, 0) is 25.5 Å². The average molecular weight is 565 g/mol. The molecule has 2 aliphatic carbocycles. The fraction of sp³-hybridized carbons (Fsp3) is 0.419. The molecule has 0 heterocycles. The highest BCUT2D eigenvalue weighted by atomic mass is 16.6. The second kappa shape index (κ2) is 14.3. The molecule has 3 rings (SSSR count). The van der Waals surface area contributed by atoms with Gasteiger partial charge in [0.2, 0.25) is 5.70 Å². The molecule has 10 nitrogen and oxygen atoms in total. The number of carbonyl (C=O) groups excluding carboxylic acids is 2. The van der Waals surface area contributed by atoms with Gasteiger partial charge in [-0.2, -0.15) is 0 Å². The summed E-state index contributed by atoms with van der Waals surface area (Å²) in [6.45, 7) is 6.22. The summed E-state index contributed by atoms with van der Waals surface area (Å²) in [5.74, 6) is -1.06. The molecule has 3 unspecified atom stereocenters. The van der Waals surface area contributed by atoms with E-state index in [1.54, 1.807) is 24.3 Å². The van der Waals surface area contributed by atoms with Crippen molar-refractivity contribution in [2.75, 3.05) is 13.2 Å². The van der Waals surface area contributed by atoms with Gasteiger partial charge in [-0.25, -0.2) is 4.79 Å². The zero-order valence-corrected chi connectivity index (χ0v) is 23.6. The van der Waals surface area contributed by atoms with Crippen molar-refractivity contribution in [2.24, 2.45) is 17.3 Å². The van der Waals surface area contributed by atoms with Crippen LogP contribution in [0.3, 0.4) is 0 Å². The normalized spacial score (nSPS) is 21.0. The predicted octanol–water partition coefficient (Wildman–Crippen LogP) is 6.22. The molecule has 0 radical (unpaired) electrons. The van der Waals surface area contributed by atoms with Gasteiger partial charge in [-0.05, 0) is 35.3 Å². The van der Waals surface area contributed by atoms with E-state index in [-0.39, 0.29) is 52.7 Å². The first kappa shape index (κ1) is 31.2. The van der Waals surface area contributed by atoms with E-state index in [2.05, 4.69) is 13.0 Å². The number of nitrogens with zero attached hydrogens (tertiary/aromatic N) is 2. The predicted molar refractivity (Wildman–Crippen MR) is 153 cm³/mol. The zero-order valence-electron chi connectivity index (χ0n) is 23.6. The van der Waals surface area contributed by atoms with Gasteiger partial charge in [-0.1, -0.05) is 68.9 Å². The maximum atomic E-state index is 12.7. The maximum Gasteiger partial charge on any atom is 0.330 e. The van der Waals surface area contributed by atoms with Gasteiger partial charge in [0, 0.05) is 43.5 Å². The van der Waals surface area contributed by atoms with Crippen LogP contribution in [0.2, 0.25) is 0 Å². The monoisotopic (exact) mass is 564 g/mol. The Kier molecular flexibility index (Phi) is 10.9. The fourth-order valence-corrected chi connectivity index (χ4v) is 5.06. The number of carbonyl (C=O) groups is 2. The second-order valence-corrected chi connectivity index (χ2v) is 10.9. The molecule has 41 heavy (non-hydrogen) atoms. The molecule has 10 heteroatoms. The minimum Gasteiger partial charge on any atom is -0.465 e. The molecule has 3 atom stereocenters. The quantitative estimate of drug-likeness (QED) is 0.119. The van der Waals surface area contributed by atoms with Gasteiger partial charge in [0.15, 0.2) is 0 Å². The van der Waals surface area contributed by atoms with Crippen LogP contribution in [0.25, 0.3) is 0 Å². The summed E-state index contributed by atoms with van der Waals surface area (Å²) >= 11 is 0. The van der Waals surface area contributed by atoms with Crippen molar-refractivity contribution in [3.63, 3.8) is 0 Å². The Labute approximate surface area is 239 Å². The van der Waals surface area contributed by atoms with Crippen LogP contribution in [0.1, 0.15) is 52.0 Å². The molecule has 1 aromatic carbocycles. The summed E-state index contributed by atoms with van der Waals surface area (Å²) < 4.78 is 10.8. The number of ether oxygens (including phenoxy) is 2. The largest absolute Gasteiger partial charge is 0.465 e. The van der Waals surface area contributed by atoms with E-state index in [4.69, 9.17) is 9.47 Å². The first-order chi connectivity index (χ1) is 19.5. The number of hydrogen-bond acceptors (Lipinski definition) is 8. The van der Waals surface area contributed by atoms with Gasteiger partial charge < -0.3 is 9.47 Å². The van der Waals surface area contributed by atoms with Crippen LogP contribution in [0, 0.1) is 37.5 Å². The molecule has 0 spiro atoms. The molecule has 1 aromatic rings. The van der Waals surface area contributed by atoms with Crippen molar-refractivity contribution in [3.05, 3.63) is 109 Å². The van der Waals surface area contributed by atoms with Gasteiger partial charge in [0.1, 0.15) is 0 Å². The summed E-state index contributed by atoms with van der Waals surface area (Å²) in [7, 11) is 0. The molecule has 2 aliphatic rings. The Balaban J connectivity index is 1.41. The lowest BCUT2D eigenvalue weighted by Crippen LogP contribution is -2.25. The number of nitro benzene ring substituents is 1. The molecule has 0 aromatic heterocycles. The Hall–Kier alpha value is -4.34. The molecule has 0 amide bonds. The Bertz CT molecular complexity index is 1310. The Morgan fingerprint density at radius 2 is 1.76 bits per heavy atom. The van der Waals surface area contributed by atoms with E-state index in [9.17, 15) is 29.8 Å². The summed E-state index contributed by atoms with van der Waals surface area (Å²) in [5, 5.41) is 21.7. The van der Waals surface area contributed by atoms with Gasteiger partial charge in [0.05, 0.1) is 29.0 Å². The SMILES string of the molecule is CC(CC1(C)C=CC=C(/C=C/C(=O)OCCc2ccc([N+](=O)[O-])cc2)C1)C(=O)OCCC1=CC=C([N+](=O)[O-])CC1C. The van der Waals surface area contributed by atoms with Crippen molar-refractivity contribution >= 4 is 17.6 Å². The summed E-state index contributed by atoms with van der Waals surface area (Å²) in [4.78, 5) is 45.7. The lowest BCUT2D eigenvalue weighted by atomic mass is 9.74. The standard InChI is InChI=1S/C31H36N2O8/c1-22-19-28(33(38)39)12-9-26(22)15-18-41-30(35)23(2)20-31(3)16-4-5-25(21-31)8-13-29(34)40-17-14-24-6-10-27(11-7-24)32(36)37/h4-13,16,22-23H,14-15,17-21H2,1-3H3/b13-8+. The molecule has 218 valence electrons. The highest BCUT2D eigenvalue weighted by Crippen LogP contribution is 2.38. The first-order valence-electron chi connectivity index (χ1n) is 13.6. The number of non-ortho nitro benzene ring substituents is 1. The van der Waals surface area contributed by atoms with Crippen molar-refractivity contribution in [3.8, 4) is 0 Å². The van der Waals surface area contributed by atoms with Crippen LogP contribution in [0.5, 0.6) is 0 Å². The van der Waals surface area contributed by atoms with Gasteiger partial charge in [-0.3, -0.25) is 25.0 Å². The summed E-state index contributed by atoms with van der Waals surface area (Å²) in [5.41, 5.74) is 2.71. The van der Waals surface area contributed by atoms with E-state index < -0.39 is 10.9 Å². The van der Waals surface area contributed by atoms with Crippen LogP contribution in [0.4, 0.5) is 5.69 Å². The highest BCUT2D eigenvalue weighted by Gasteiger charge is 2.30. The number of benzene rings is 1. The average Bonchev–Trinajstić information content (AvgIpc) is 2.92. The van der Waals surface area contributed by atoms with E-state index in [0.717, 1.165) is 16.7 Å². The zero-order chi connectivity index (χ0) is 30.0. The fourth-order valence-electron chi connectivity index (χ4n) is 5.06. The molecule has 0 N–H and O–H groups in total. The van der Waals surface area contributed by atoms with Gasteiger partial charge in [0.25, 0.3) is 5.69 Å². The van der Waals surface area contributed by atoms with Crippen molar-refractivity contribution in [1.82, 2.24) is 0 Å². The van der Waals surface area contributed by atoms with Gasteiger partial charge >= 0.3 is 11.9 Å². The number of rotatable bonds is 13. The Morgan fingerprint density at radius 1 is 1.05 bits per heavy atom. The minimum atomic E-state index is -0.478. The third kappa shape index (κ3) is 9.66. The maximum absolute atomic E-state index is 12.7. The third-order valence-electron chi connectivity index (χ3n) is 7.32. The first-order valence-corrected chi connectivity index (χ1v) is 13.6. The number of hydrogen-bond donors (Lipinski definition) is 0. The lowest BCUT2D eigenvalue weighted by molar-refractivity contribution is -0.428. The van der Waals surface area contributed by atoms with Crippen molar-refractivity contribution in [2.45, 2.75) is 52.9 Å². The van der Waals surface area contributed by atoms with E-state index in [1.807, 2.05) is 26.0 Å². The molecular weight excluding hydrogens is 528 g/mol. The molecule has 0 fully saturated rings. The Morgan fingerprint density at radius 3 is 2.41 bits per heavy atom. The van der Waals surface area contributed by atoms with Crippen LogP contribution < -0.4 is 0 Å². The van der Waals surface area contributed by atoms with Crippen LogP contribution >= 0.6 is 0 Å².